The van der Waals surface area contributed by atoms with Crippen molar-refractivity contribution < 1.29 is 9.53 Å². The molecule has 0 heterocycles. The van der Waals surface area contributed by atoms with Gasteiger partial charge < -0.3 is 15.8 Å². The van der Waals surface area contributed by atoms with Gasteiger partial charge in [-0.1, -0.05) is 13.3 Å². The van der Waals surface area contributed by atoms with Gasteiger partial charge >= 0.3 is 0 Å². The number of methoxy groups -OCH3 is 1. The first kappa shape index (κ1) is 12.5. The minimum absolute atomic E-state index is 0.213. The molecule has 0 bridgehead atoms. The van der Waals surface area contributed by atoms with Crippen LogP contribution in [-0.4, -0.2) is 31.7 Å². The van der Waals surface area contributed by atoms with Crippen molar-refractivity contribution in [3.05, 3.63) is 0 Å². The van der Waals surface area contributed by atoms with Gasteiger partial charge in [-0.2, -0.15) is 0 Å². The van der Waals surface area contributed by atoms with E-state index in [0.29, 0.717) is 19.1 Å². The van der Waals surface area contributed by atoms with E-state index in [4.69, 9.17) is 10.5 Å². The van der Waals surface area contributed by atoms with Crippen LogP contribution >= 0.6 is 0 Å². The van der Waals surface area contributed by atoms with Crippen LogP contribution in [0.5, 0.6) is 0 Å². The van der Waals surface area contributed by atoms with Gasteiger partial charge in [-0.05, 0) is 25.2 Å². The fourth-order valence-electron chi connectivity index (χ4n) is 2.36. The van der Waals surface area contributed by atoms with E-state index in [0.717, 1.165) is 25.7 Å². The van der Waals surface area contributed by atoms with Crippen molar-refractivity contribution >= 4 is 5.91 Å². The Bertz CT molecular complexity index is 221. The highest BCUT2D eigenvalue weighted by atomic mass is 16.5. The fourth-order valence-corrected chi connectivity index (χ4v) is 2.36. The van der Waals surface area contributed by atoms with Crippen LogP contribution < -0.4 is 11.1 Å². The number of amides is 1. The summed E-state index contributed by atoms with van der Waals surface area (Å²) in [6.45, 7) is 3.47. The second kappa shape index (κ2) is 5.47. The van der Waals surface area contributed by atoms with E-state index in [-0.39, 0.29) is 5.91 Å². The van der Waals surface area contributed by atoms with Crippen molar-refractivity contribution in [3.8, 4) is 0 Å². The number of primary amides is 1. The van der Waals surface area contributed by atoms with Crippen LogP contribution in [0.2, 0.25) is 0 Å². The zero-order valence-corrected chi connectivity index (χ0v) is 9.71. The van der Waals surface area contributed by atoms with Crippen LogP contribution in [0.4, 0.5) is 0 Å². The molecule has 1 aliphatic carbocycles. The van der Waals surface area contributed by atoms with Crippen molar-refractivity contribution in [1.29, 1.82) is 0 Å². The summed E-state index contributed by atoms with van der Waals surface area (Å²) < 4.78 is 4.96. The van der Waals surface area contributed by atoms with Gasteiger partial charge in [-0.25, -0.2) is 0 Å². The molecule has 3 N–H and O–H groups in total. The fraction of sp³-hybridized carbons (Fsp3) is 0.909. The molecule has 0 aromatic carbocycles. The molecule has 1 saturated carbocycles. The smallest absolute Gasteiger partial charge is 0.237 e. The highest BCUT2D eigenvalue weighted by molar-refractivity contribution is 5.85. The highest BCUT2D eigenvalue weighted by Gasteiger charge is 2.42. The third kappa shape index (κ3) is 2.92. The number of ether oxygens (including phenoxy) is 1. The first-order chi connectivity index (χ1) is 7.14. The lowest BCUT2D eigenvalue weighted by atomic mass is 9.94. The third-order valence-corrected chi connectivity index (χ3v) is 3.44. The number of nitrogens with two attached hydrogens (primary N) is 1. The molecule has 0 radical (unpaired) electrons. The van der Waals surface area contributed by atoms with E-state index in [2.05, 4.69) is 12.2 Å². The molecule has 2 unspecified atom stereocenters. The number of rotatable bonds is 6. The van der Waals surface area contributed by atoms with Crippen LogP contribution in [0.25, 0.3) is 0 Å². The van der Waals surface area contributed by atoms with Gasteiger partial charge in [-0.15, -0.1) is 0 Å². The molecular weight excluding hydrogens is 192 g/mol. The molecule has 2 atom stereocenters. The lowest BCUT2D eigenvalue weighted by Crippen LogP contribution is -2.54. The van der Waals surface area contributed by atoms with Crippen molar-refractivity contribution in [1.82, 2.24) is 5.32 Å². The molecule has 0 aromatic rings. The maximum absolute atomic E-state index is 11.5. The quantitative estimate of drug-likeness (QED) is 0.638. The Kier molecular flexibility index (Phi) is 4.54. The Morgan fingerprint density at radius 3 is 2.87 bits per heavy atom. The number of hydrogen-bond donors (Lipinski definition) is 2. The van der Waals surface area contributed by atoms with Gasteiger partial charge in [0.25, 0.3) is 0 Å². The SMILES string of the molecule is CCC1CCC(NCCOC)(C(N)=O)C1. The monoisotopic (exact) mass is 214 g/mol. The molecular formula is C11H22N2O2. The minimum atomic E-state index is -0.473. The summed E-state index contributed by atoms with van der Waals surface area (Å²) >= 11 is 0. The third-order valence-electron chi connectivity index (χ3n) is 3.44. The van der Waals surface area contributed by atoms with E-state index in [9.17, 15) is 4.79 Å². The van der Waals surface area contributed by atoms with E-state index < -0.39 is 5.54 Å². The Morgan fingerprint density at radius 1 is 1.67 bits per heavy atom. The summed E-state index contributed by atoms with van der Waals surface area (Å²) in [5, 5.41) is 3.26. The van der Waals surface area contributed by atoms with Gasteiger partial charge in [-0.3, -0.25) is 4.79 Å². The average molecular weight is 214 g/mol. The molecule has 15 heavy (non-hydrogen) atoms. The molecule has 4 heteroatoms. The van der Waals surface area contributed by atoms with E-state index in [1.54, 1.807) is 7.11 Å². The number of hydrogen-bond acceptors (Lipinski definition) is 3. The first-order valence-electron chi connectivity index (χ1n) is 5.68. The topological polar surface area (TPSA) is 64.3 Å². The maximum atomic E-state index is 11.5. The van der Waals surface area contributed by atoms with Crippen LogP contribution in [0, 0.1) is 5.92 Å². The molecule has 1 aliphatic rings. The Morgan fingerprint density at radius 2 is 2.40 bits per heavy atom. The van der Waals surface area contributed by atoms with Crippen molar-refractivity contribution in [2.24, 2.45) is 11.7 Å². The molecule has 0 aliphatic heterocycles. The largest absolute Gasteiger partial charge is 0.383 e. The summed E-state index contributed by atoms with van der Waals surface area (Å²) in [4.78, 5) is 11.5. The Hall–Kier alpha value is -0.610. The summed E-state index contributed by atoms with van der Waals surface area (Å²) in [7, 11) is 1.65. The van der Waals surface area contributed by atoms with Gasteiger partial charge in [0.2, 0.25) is 5.91 Å². The summed E-state index contributed by atoms with van der Waals surface area (Å²) in [6.07, 6.45) is 3.97. The summed E-state index contributed by atoms with van der Waals surface area (Å²) in [6, 6.07) is 0. The predicted molar refractivity (Wildman–Crippen MR) is 59.4 cm³/mol. The maximum Gasteiger partial charge on any atom is 0.237 e. The van der Waals surface area contributed by atoms with Gasteiger partial charge in [0.1, 0.15) is 0 Å². The highest BCUT2D eigenvalue weighted by Crippen LogP contribution is 2.36. The zero-order valence-electron chi connectivity index (χ0n) is 9.71. The van der Waals surface area contributed by atoms with Gasteiger partial charge in [0.15, 0.2) is 0 Å². The number of nitrogens with one attached hydrogen (secondary N) is 1. The second-order valence-corrected chi connectivity index (χ2v) is 4.38. The lowest BCUT2D eigenvalue weighted by Gasteiger charge is -2.27. The molecule has 4 nitrogen and oxygen atoms in total. The molecule has 1 fully saturated rings. The molecule has 0 spiro atoms. The van der Waals surface area contributed by atoms with Gasteiger partial charge in [0.05, 0.1) is 12.1 Å². The van der Waals surface area contributed by atoms with Crippen molar-refractivity contribution in [2.75, 3.05) is 20.3 Å². The second-order valence-electron chi connectivity index (χ2n) is 4.38. The lowest BCUT2D eigenvalue weighted by molar-refractivity contribution is -0.124. The summed E-state index contributed by atoms with van der Waals surface area (Å²) in [5.74, 6) is 0.419. The van der Waals surface area contributed by atoms with Crippen LogP contribution in [0.1, 0.15) is 32.6 Å². The number of carbonyl (C=O) groups is 1. The Balaban J connectivity index is 2.53. The molecule has 0 aromatic heterocycles. The molecule has 88 valence electrons. The normalized spacial score (nSPS) is 30.7. The molecule has 1 rings (SSSR count). The standard InChI is InChI=1S/C11H22N2O2/c1-3-9-4-5-11(8-9,10(12)14)13-6-7-15-2/h9,13H,3-8H2,1-2H3,(H2,12,14). The van der Waals surface area contributed by atoms with E-state index in [1.807, 2.05) is 0 Å². The summed E-state index contributed by atoms with van der Waals surface area (Å²) in [5.41, 5.74) is 5.02. The minimum Gasteiger partial charge on any atom is -0.383 e. The van der Waals surface area contributed by atoms with Crippen molar-refractivity contribution in [2.45, 2.75) is 38.1 Å². The van der Waals surface area contributed by atoms with Crippen molar-refractivity contribution in [3.63, 3.8) is 0 Å². The molecule has 1 amide bonds. The first-order valence-corrected chi connectivity index (χ1v) is 5.68. The zero-order chi connectivity index (χ0) is 11.3. The van der Waals surface area contributed by atoms with Gasteiger partial charge in [0, 0.05) is 13.7 Å². The predicted octanol–water partition coefficient (Wildman–Crippen LogP) is 0.657. The molecule has 0 saturated heterocycles. The number of carbonyl (C=O) groups excluding carboxylic acids is 1. The van der Waals surface area contributed by atoms with Crippen LogP contribution in [0.3, 0.4) is 0 Å². The average Bonchev–Trinajstić information content (AvgIpc) is 2.63. The Labute approximate surface area is 91.5 Å². The van der Waals surface area contributed by atoms with Crippen LogP contribution in [-0.2, 0) is 9.53 Å². The van der Waals surface area contributed by atoms with Crippen LogP contribution in [0.15, 0.2) is 0 Å². The van der Waals surface area contributed by atoms with E-state index >= 15 is 0 Å². The van der Waals surface area contributed by atoms with E-state index in [1.165, 1.54) is 0 Å².